The van der Waals surface area contributed by atoms with E-state index < -0.39 is 17.7 Å². The number of ketones is 1. The van der Waals surface area contributed by atoms with E-state index in [-0.39, 0.29) is 11.3 Å². The van der Waals surface area contributed by atoms with Gasteiger partial charge in [0.05, 0.1) is 18.7 Å². The van der Waals surface area contributed by atoms with Crippen LogP contribution in [0.4, 0.5) is 0 Å². The van der Waals surface area contributed by atoms with Crippen LogP contribution in [-0.4, -0.2) is 67.5 Å². The monoisotopic (exact) mass is 484 g/mol. The second-order valence-electron chi connectivity index (χ2n) is 8.17. The van der Waals surface area contributed by atoms with Crippen molar-refractivity contribution in [2.45, 2.75) is 12.5 Å². The van der Waals surface area contributed by atoms with Crippen LogP contribution < -0.4 is 9.47 Å². The molecule has 0 aromatic heterocycles. The van der Waals surface area contributed by atoms with Crippen LogP contribution in [0.2, 0.25) is 5.02 Å². The second-order valence-corrected chi connectivity index (χ2v) is 8.60. The molecule has 180 valence electrons. The molecule has 8 heteroatoms. The van der Waals surface area contributed by atoms with Gasteiger partial charge in [0, 0.05) is 17.1 Å². The summed E-state index contributed by atoms with van der Waals surface area (Å²) in [6.45, 7) is 5.04. The summed E-state index contributed by atoms with van der Waals surface area (Å²) < 4.78 is 11.1. The Bertz CT molecular complexity index is 1090. The zero-order chi connectivity index (χ0) is 24.8. The smallest absolute Gasteiger partial charge is 0.295 e. The van der Waals surface area contributed by atoms with Crippen LogP contribution in [0, 0.1) is 0 Å². The van der Waals surface area contributed by atoms with Gasteiger partial charge in [-0.3, -0.25) is 9.59 Å². The summed E-state index contributed by atoms with van der Waals surface area (Å²) in [7, 11) is 5.40. The largest absolute Gasteiger partial charge is 0.507 e. The summed E-state index contributed by atoms with van der Waals surface area (Å²) in [6.07, 6.45) is 2.29. The van der Waals surface area contributed by atoms with Crippen molar-refractivity contribution in [3.8, 4) is 11.5 Å². The third kappa shape index (κ3) is 5.43. The van der Waals surface area contributed by atoms with Crippen LogP contribution in [-0.2, 0) is 9.59 Å². The van der Waals surface area contributed by atoms with E-state index >= 15 is 0 Å². The zero-order valence-corrected chi connectivity index (χ0v) is 20.3. The number of hydrogen-bond donors (Lipinski definition) is 1. The molecule has 34 heavy (non-hydrogen) atoms. The van der Waals surface area contributed by atoms with Gasteiger partial charge in [-0.1, -0.05) is 30.3 Å². The fourth-order valence-electron chi connectivity index (χ4n) is 3.90. The van der Waals surface area contributed by atoms with Crippen molar-refractivity contribution in [1.82, 2.24) is 9.80 Å². The van der Waals surface area contributed by atoms with Crippen molar-refractivity contribution >= 4 is 29.1 Å². The van der Waals surface area contributed by atoms with Gasteiger partial charge in [0.15, 0.2) is 11.5 Å². The number of benzene rings is 2. The number of aliphatic hydroxyl groups excluding tert-OH is 1. The van der Waals surface area contributed by atoms with Crippen LogP contribution in [0.5, 0.6) is 11.5 Å². The highest BCUT2D eigenvalue weighted by molar-refractivity contribution is 6.46. The molecule has 1 amide bonds. The Hall–Kier alpha value is -3.29. The molecule has 3 rings (SSSR count). The normalized spacial score (nSPS) is 17.3. The number of aliphatic hydroxyl groups is 1. The van der Waals surface area contributed by atoms with Crippen molar-refractivity contribution in [3.63, 3.8) is 0 Å². The molecule has 1 saturated heterocycles. The van der Waals surface area contributed by atoms with Gasteiger partial charge in [0.1, 0.15) is 12.4 Å². The number of hydrogen-bond acceptors (Lipinski definition) is 6. The molecule has 2 aromatic rings. The number of halogens is 1. The summed E-state index contributed by atoms with van der Waals surface area (Å²) in [4.78, 5) is 29.7. The van der Waals surface area contributed by atoms with Crippen molar-refractivity contribution in [2.24, 2.45) is 0 Å². The first-order valence-electron chi connectivity index (χ1n) is 10.9. The molecule has 1 aliphatic rings. The quantitative estimate of drug-likeness (QED) is 0.234. The Kier molecular flexibility index (Phi) is 8.36. The van der Waals surface area contributed by atoms with Gasteiger partial charge in [-0.2, -0.15) is 0 Å². The van der Waals surface area contributed by atoms with Gasteiger partial charge in [0.25, 0.3) is 11.7 Å². The Balaban J connectivity index is 2.11. The molecule has 1 N–H and O–H groups in total. The zero-order valence-electron chi connectivity index (χ0n) is 19.6. The average molecular weight is 485 g/mol. The standard InChI is InChI=1S/C26H29ClN2O5/c1-5-15-34-20-12-9-18(16-21(20)33-4)23-22(24(30)17-7-10-19(27)11-8-17)25(31)26(32)29(23)14-6-13-28(2)3/h5,7-12,16,23,30H,1,6,13-15H2,2-4H3. The first-order chi connectivity index (χ1) is 16.3. The second kappa shape index (κ2) is 11.2. The van der Waals surface area contributed by atoms with E-state index in [0.29, 0.717) is 47.2 Å². The predicted molar refractivity (Wildman–Crippen MR) is 132 cm³/mol. The van der Waals surface area contributed by atoms with E-state index in [1.165, 1.54) is 12.0 Å². The molecule has 0 aliphatic carbocycles. The number of likely N-dealkylation sites (tertiary alicyclic amines) is 1. The Morgan fingerprint density at radius 2 is 1.88 bits per heavy atom. The Morgan fingerprint density at radius 1 is 1.18 bits per heavy atom. The molecule has 0 spiro atoms. The van der Waals surface area contributed by atoms with Crippen molar-refractivity contribution < 1.29 is 24.2 Å². The minimum atomic E-state index is -0.778. The lowest BCUT2D eigenvalue weighted by molar-refractivity contribution is -0.139. The average Bonchev–Trinajstić information content (AvgIpc) is 3.07. The van der Waals surface area contributed by atoms with Crippen molar-refractivity contribution in [3.05, 3.63) is 76.8 Å². The number of nitrogens with zero attached hydrogens (tertiary/aromatic N) is 2. The molecule has 1 heterocycles. The van der Waals surface area contributed by atoms with Crippen LogP contribution in [0.25, 0.3) is 5.76 Å². The van der Waals surface area contributed by atoms with E-state index in [0.717, 1.165) is 6.54 Å². The van der Waals surface area contributed by atoms with E-state index in [1.54, 1.807) is 48.5 Å². The van der Waals surface area contributed by atoms with Crippen molar-refractivity contribution in [1.29, 1.82) is 0 Å². The minimum Gasteiger partial charge on any atom is -0.507 e. The molecular formula is C26H29ClN2O5. The molecule has 1 aliphatic heterocycles. The third-order valence-corrected chi connectivity index (χ3v) is 5.77. The minimum absolute atomic E-state index is 0.0268. The summed E-state index contributed by atoms with van der Waals surface area (Å²) in [5.74, 6) is -0.669. The maximum absolute atomic E-state index is 13.1. The molecular weight excluding hydrogens is 456 g/mol. The summed E-state index contributed by atoms with van der Waals surface area (Å²) in [5, 5.41) is 11.6. The summed E-state index contributed by atoms with van der Waals surface area (Å²) in [5.41, 5.74) is 1.06. The molecule has 0 bridgehead atoms. The number of rotatable bonds is 10. The number of methoxy groups -OCH3 is 1. The fraction of sp³-hybridized carbons (Fsp3) is 0.308. The van der Waals surface area contributed by atoms with E-state index in [4.69, 9.17) is 21.1 Å². The molecule has 1 fully saturated rings. The number of carbonyl (C=O) groups is 2. The van der Waals surface area contributed by atoms with Gasteiger partial charge in [-0.15, -0.1) is 0 Å². The lowest BCUT2D eigenvalue weighted by Crippen LogP contribution is -2.32. The predicted octanol–water partition coefficient (Wildman–Crippen LogP) is 4.29. The van der Waals surface area contributed by atoms with Crippen molar-refractivity contribution in [2.75, 3.05) is 40.9 Å². The van der Waals surface area contributed by atoms with Gasteiger partial charge in [0.2, 0.25) is 0 Å². The number of Topliss-reactive ketones (excluding diaryl/α,β-unsaturated/α-hetero) is 1. The highest BCUT2D eigenvalue weighted by atomic mass is 35.5. The highest BCUT2D eigenvalue weighted by Crippen LogP contribution is 2.42. The third-order valence-electron chi connectivity index (χ3n) is 5.52. The molecule has 2 aromatic carbocycles. The molecule has 1 unspecified atom stereocenters. The van der Waals surface area contributed by atoms with Crippen LogP contribution in [0.1, 0.15) is 23.6 Å². The van der Waals surface area contributed by atoms with Gasteiger partial charge < -0.3 is 24.4 Å². The van der Waals surface area contributed by atoms with E-state index in [2.05, 4.69) is 6.58 Å². The summed E-state index contributed by atoms with van der Waals surface area (Å²) >= 11 is 5.98. The number of carbonyl (C=O) groups excluding carboxylic acids is 2. The van der Waals surface area contributed by atoms with E-state index in [1.807, 2.05) is 19.0 Å². The van der Waals surface area contributed by atoms with Gasteiger partial charge in [-0.05, 0) is 69.0 Å². The fourth-order valence-corrected chi connectivity index (χ4v) is 4.03. The van der Waals surface area contributed by atoms with Crippen LogP contribution in [0.15, 0.2) is 60.7 Å². The highest BCUT2D eigenvalue weighted by Gasteiger charge is 2.46. The van der Waals surface area contributed by atoms with Crippen LogP contribution in [0.3, 0.4) is 0 Å². The van der Waals surface area contributed by atoms with Crippen LogP contribution >= 0.6 is 11.6 Å². The number of amides is 1. The molecule has 7 nitrogen and oxygen atoms in total. The number of ether oxygens (including phenoxy) is 2. The topological polar surface area (TPSA) is 79.3 Å². The Labute approximate surface area is 204 Å². The lowest BCUT2D eigenvalue weighted by Gasteiger charge is -2.26. The first-order valence-corrected chi connectivity index (χ1v) is 11.3. The lowest BCUT2D eigenvalue weighted by atomic mass is 9.95. The SMILES string of the molecule is C=CCOc1ccc(C2C(=C(O)c3ccc(Cl)cc3)C(=O)C(=O)N2CCCN(C)C)cc1OC. The maximum Gasteiger partial charge on any atom is 0.295 e. The molecule has 1 atom stereocenters. The first kappa shape index (κ1) is 25.3. The molecule has 0 radical (unpaired) electrons. The van der Waals surface area contributed by atoms with Gasteiger partial charge >= 0.3 is 0 Å². The maximum atomic E-state index is 13.1. The Morgan fingerprint density at radius 3 is 2.50 bits per heavy atom. The van der Waals surface area contributed by atoms with Gasteiger partial charge in [-0.25, -0.2) is 0 Å². The summed E-state index contributed by atoms with van der Waals surface area (Å²) in [6, 6.07) is 10.9. The molecule has 0 saturated carbocycles. The van der Waals surface area contributed by atoms with E-state index in [9.17, 15) is 14.7 Å².